The lowest BCUT2D eigenvalue weighted by Gasteiger charge is -2.11. The number of aryl methyl sites for hydroxylation is 2. The Morgan fingerprint density at radius 3 is 2.49 bits per heavy atom. The maximum atomic E-state index is 13.0. The van der Waals surface area contributed by atoms with Gasteiger partial charge in [0.25, 0.3) is 5.91 Å². The summed E-state index contributed by atoms with van der Waals surface area (Å²) in [5, 5.41) is 9.54. The van der Waals surface area contributed by atoms with E-state index < -0.39 is 0 Å². The number of hydrogen-bond acceptors (Lipinski definition) is 7. The van der Waals surface area contributed by atoms with Crippen molar-refractivity contribution in [3.8, 4) is 0 Å². The highest BCUT2D eigenvalue weighted by atomic mass is 32.2. The molecule has 0 unspecified atom stereocenters. The summed E-state index contributed by atoms with van der Waals surface area (Å²) < 4.78 is 0. The van der Waals surface area contributed by atoms with Crippen molar-refractivity contribution < 1.29 is 9.59 Å². The van der Waals surface area contributed by atoms with Crippen LogP contribution in [-0.4, -0.2) is 60.4 Å². The first-order valence-electron chi connectivity index (χ1n) is 11.4. The van der Waals surface area contributed by atoms with Gasteiger partial charge in [0.05, 0.1) is 12.1 Å². The zero-order chi connectivity index (χ0) is 25.2. The Morgan fingerprint density at radius 1 is 0.971 bits per heavy atom. The average molecular weight is 493 g/mol. The molecule has 0 fully saturated rings. The quantitative estimate of drug-likeness (QED) is 0.277. The molecule has 0 aliphatic carbocycles. The van der Waals surface area contributed by atoms with Crippen LogP contribution in [0.5, 0.6) is 0 Å². The van der Waals surface area contributed by atoms with Crippen molar-refractivity contribution in [2.24, 2.45) is 0 Å². The number of likely N-dealkylation sites (N-methyl/N-ethyl adjacent to an activating group) is 1. The molecule has 0 bridgehead atoms. The third-order valence-corrected chi connectivity index (χ3v) is 6.06. The fraction of sp³-hybridized carbons (Fsp3) is 0.308. The molecule has 184 valence electrons. The van der Waals surface area contributed by atoms with E-state index in [1.165, 1.54) is 11.8 Å². The number of rotatable bonds is 11. The van der Waals surface area contributed by atoms with E-state index in [1.54, 1.807) is 24.5 Å². The normalized spacial score (nSPS) is 10.9. The molecular weight excluding hydrogens is 460 g/mol. The molecule has 2 heterocycles. The van der Waals surface area contributed by atoms with Crippen LogP contribution in [0.4, 0.5) is 11.5 Å². The van der Waals surface area contributed by atoms with Gasteiger partial charge >= 0.3 is 0 Å². The van der Waals surface area contributed by atoms with Crippen LogP contribution in [0.2, 0.25) is 0 Å². The van der Waals surface area contributed by atoms with Crippen LogP contribution in [0, 0.1) is 13.8 Å². The summed E-state index contributed by atoms with van der Waals surface area (Å²) in [5.41, 5.74) is 4.42. The molecule has 2 amide bonds. The highest BCUT2D eigenvalue weighted by molar-refractivity contribution is 7.98. The Labute approximate surface area is 210 Å². The van der Waals surface area contributed by atoms with Gasteiger partial charge in [-0.1, -0.05) is 6.07 Å². The highest BCUT2D eigenvalue weighted by Gasteiger charge is 2.14. The number of pyridine rings is 2. The van der Waals surface area contributed by atoms with Gasteiger partial charge in [-0.3, -0.25) is 9.59 Å². The number of amides is 2. The summed E-state index contributed by atoms with van der Waals surface area (Å²) >= 11 is 1.46. The Morgan fingerprint density at radius 2 is 1.74 bits per heavy atom. The lowest BCUT2D eigenvalue weighted by molar-refractivity contribution is -0.115. The Bertz CT molecular complexity index is 1150. The Hall–Kier alpha value is -3.27. The lowest BCUT2D eigenvalue weighted by atomic mass is 10.1. The van der Waals surface area contributed by atoms with Crippen molar-refractivity contribution in [3.63, 3.8) is 0 Å². The fourth-order valence-electron chi connectivity index (χ4n) is 3.40. The van der Waals surface area contributed by atoms with E-state index in [9.17, 15) is 9.59 Å². The molecule has 0 atom stereocenters. The van der Waals surface area contributed by atoms with E-state index in [1.807, 2.05) is 57.1 Å². The first-order valence-corrected chi connectivity index (χ1v) is 12.4. The van der Waals surface area contributed by atoms with Gasteiger partial charge in [0.15, 0.2) is 0 Å². The second-order valence-corrected chi connectivity index (χ2v) is 9.52. The van der Waals surface area contributed by atoms with Crippen LogP contribution in [0.3, 0.4) is 0 Å². The predicted molar refractivity (Wildman–Crippen MR) is 142 cm³/mol. The van der Waals surface area contributed by atoms with E-state index in [2.05, 4.69) is 32.0 Å². The number of hydrogen-bond donors (Lipinski definition) is 3. The van der Waals surface area contributed by atoms with Crippen molar-refractivity contribution in [2.45, 2.75) is 24.6 Å². The molecule has 0 spiro atoms. The molecule has 0 radical (unpaired) electrons. The number of carbonyl (C=O) groups excluding carboxylic acids is 2. The van der Waals surface area contributed by atoms with E-state index >= 15 is 0 Å². The van der Waals surface area contributed by atoms with Crippen molar-refractivity contribution >= 4 is 35.1 Å². The summed E-state index contributed by atoms with van der Waals surface area (Å²) in [6.45, 7) is 5.81. The second-order valence-electron chi connectivity index (χ2n) is 8.55. The van der Waals surface area contributed by atoms with E-state index in [0.717, 1.165) is 35.5 Å². The molecule has 3 aromatic rings. The van der Waals surface area contributed by atoms with Crippen LogP contribution in [0.15, 0.2) is 59.9 Å². The molecular formula is C26H32N6O2S. The topological polar surface area (TPSA) is 99.2 Å². The van der Waals surface area contributed by atoms with Gasteiger partial charge in [0.2, 0.25) is 5.91 Å². The standard InChI is InChI=1S/C26H32N6O2S/c1-18-12-19(2)14-21(13-18)30-25(34)22-6-5-8-29-26(22)35-17-20-7-9-28-23(15-20)31-24(33)16-27-10-11-32(3)4/h5-9,12-15,27H,10-11,16-17H2,1-4H3,(H,30,34)(H,28,31,33). The molecule has 1 aromatic carbocycles. The Balaban J connectivity index is 1.59. The van der Waals surface area contributed by atoms with Crippen molar-refractivity contribution in [1.29, 1.82) is 0 Å². The highest BCUT2D eigenvalue weighted by Crippen LogP contribution is 2.26. The summed E-state index contributed by atoms with van der Waals surface area (Å²) in [6, 6.07) is 13.2. The van der Waals surface area contributed by atoms with Crippen LogP contribution in [0.1, 0.15) is 27.0 Å². The number of carbonyl (C=O) groups is 2. The number of nitrogens with zero attached hydrogens (tertiary/aromatic N) is 3. The second kappa shape index (κ2) is 13.0. The van der Waals surface area contributed by atoms with E-state index in [4.69, 9.17) is 0 Å². The SMILES string of the molecule is Cc1cc(C)cc(NC(=O)c2cccnc2SCc2ccnc(NC(=O)CNCCN(C)C)c2)c1. The number of thioether (sulfide) groups is 1. The van der Waals surface area contributed by atoms with Gasteiger partial charge in [-0.2, -0.15) is 0 Å². The minimum atomic E-state index is -0.199. The van der Waals surface area contributed by atoms with Crippen LogP contribution in [-0.2, 0) is 10.5 Å². The lowest BCUT2D eigenvalue weighted by Crippen LogP contribution is -2.33. The van der Waals surface area contributed by atoms with E-state index in [-0.39, 0.29) is 18.4 Å². The molecule has 9 heteroatoms. The molecule has 0 aliphatic rings. The van der Waals surface area contributed by atoms with E-state index in [0.29, 0.717) is 22.2 Å². The molecule has 0 saturated carbocycles. The zero-order valence-electron chi connectivity index (χ0n) is 20.6. The monoisotopic (exact) mass is 492 g/mol. The smallest absolute Gasteiger partial charge is 0.258 e. The Kier molecular flexibility index (Phi) is 9.77. The summed E-state index contributed by atoms with van der Waals surface area (Å²) in [5.74, 6) is 0.732. The maximum Gasteiger partial charge on any atom is 0.258 e. The largest absolute Gasteiger partial charge is 0.322 e. The minimum absolute atomic E-state index is 0.142. The first kappa shape index (κ1) is 26.3. The molecule has 8 nitrogen and oxygen atoms in total. The summed E-state index contributed by atoms with van der Waals surface area (Å²) in [7, 11) is 3.97. The van der Waals surface area contributed by atoms with Crippen molar-refractivity contribution in [2.75, 3.05) is 44.4 Å². The summed E-state index contributed by atoms with van der Waals surface area (Å²) in [6.07, 6.45) is 3.34. The molecule has 0 aliphatic heterocycles. The van der Waals surface area contributed by atoms with Gasteiger partial charge < -0.3 is 20.9 Å². The van der Waals surface area contributed by atoms with Crippen molar-refractivity contribution in [3.05, 3.63) is 77.1 Å². The third-order valence-electron chi connectivity index (χ3n) is 4.98. The van der Waals surface area contributed by atoms with Gasteiger partial charge in [-0.15, -0.1) is 11.8 Å². The maximum absolute atomic E-state index is 13.0. The number of benzene rings is 1. The van der Waals surface area contributed by atoms with Gasteiger partial charge in [0.1, 0.15) is 10.8 Å². The van der Waals surface area contributed by atoms with Crippen LogP contribution >= 0.6 is 11.8 Å². The van der Waals surface area contributed by atoms with Gasteiger partial charge in [-0.25, -0.2) is 9.97 Å². The zero-order valence-corrected chi connectivity index (χ0v) is 21.4. The fourth-order valence-corrected chi connectivity index (χ4v) is 4.33. The molecule has 0 saturated heterocycles. The van der Waals surface area contributed by atoms with Gasteiger partial charge in [0, 0.05) is 36.9 Å². The molecule has 3 rings (SSSR count). The number of aromatic nitrogens is 2. The van der Waals surface area contributed by atoms with Crippen LogP contribution < -0.4 is 16.0 Å². The van der Waals surface area contributed by atoms with Gasteiger partial charge in [-0.05, 0) is 81.0 Å². The van der Waals surface area contributed by atoms with Crippen LogP contribution in [0.25, 0.3) is 0 Å². The molecule has 35 heavy (non-hydrogen) atoms. The first-order chi connectivity index (χ1) is 16.8. The number of anilines is 2. The summed E-state index contributed by atoms with van der Waals surface area (Å²) in [4.78, 5) is 35.8. The van der Waals surface area contributed by atoms with Crippen molar-refractivity contribution in [1.82, 2.24) is 20.2 Å². The third kappa shape index (κ3) is 8.79. The predicted octanol–water partition coefficient (Wildman–Crippen LogP) is 3.73. The molecule has 2 aromatic heterocycles. The minimum Gasteiger partial charge on any atom is -0.322 e. The number of nitrogens with one attached hydrogen (secondary N) is 3. The average Bonchev–Trinajstić information content (AvgIpc) is 2.80. The molecule has 3 N–H and O–H groups in total.